The first-order valence-corrected chi connectivity index (χ1v) is 30.2. The molecular weight excluding hydrogens is 1170 g/mol. The normalized spacial score (nSPS) is 20.1. The highest BCUT2D eigenvalue weighted by Crippen LogP contribution is 2.27. The second kappa shape index (κ2) is 36.9. The zero-order chi connectivity index (χ0) is 65.2. The average molecular weight is 1260 g/mol. The number of thioether (sulfide) groups is 1. The van der Waals surface area contributed by atoms with E-state index >= 15 is 0 Å². The number of carbonyl (C=O) groups is 12. The van der Waals surface area contributed by atoms with Gasteiger partial charge in [-0.3, -0.25) is 72.7 Å². The van der Waals surface area contributed by atoms with Gasteiger partial charge in [0.25, 0.3) is 0 Å². The largest absolute Gasteiger partial charge is 0.481 e. The van der Waals surface area contributed by atoms with E-state index in [0.717, 1.165) is 23.6 Å². The topological polar surface area (TPSA) is 465 Å². The van der Waals surface area contributed by atoms with Crippen molar-refractivity contribution in [2.45, 2.75) is 170 Å². The SMILES string of the molecule is CC(=O)NC(CSC1CC(=O)N(CCCCN2C[C@H](O)[C@@H](O)[C@@H](O)[C@H]2CO)C1=O)C(=O)NC(Cc1ccccc1)C(=O)NC(NC(NC(=O)C(CC(=O)O)NC(=O)C(CCC(=O)O)NC(=O)C(O)CC(C)C)C(=O)CCCC[NH3+])C(=O)Cc1ccccc1. The van der Waals surface area contributed by atoms with E-state index in [1.165, 1.54) is 0 Å². The van der Waals surface area contributed by atoms with Crippen LogP contribution in [0.25, 0.3) is 0 Å². The fourth-order valence-electron chi connectivity index (χ4n) is 9.83. The first kappa shape index (κ1) is 73.2. The molecule has 2 aliphatic rings. The Morgan fingerprint density at radius 2 is 1.23 bits per heavy atom. The molecular formula is C58H85N10O19S+. The minimum Gasteiger partial charge on any atom is -0.481 e. The predicted octanol–water partition coefficient (Wildman–Crippen LogP) is -4.40. The van der Waals surface area contributed by atoms with Crippen LogP contribution in [-0.2, 0) is 70.4 Å². The summed E-state index contributed by atoms with van der Waals surface area (Å²) >= 11 is 0.906. The number of benzene rings is 2. The Bertz CT molecular complexity index is 2710. The first-order valence-electron chi connectivity index (χ1n) is 29.2. The van der Waals surface area contributed by atoms with Crippen LogP contribution in [0.1, 0.15) is 96.1 Å². The summed E-state index contributed by atoms with van der Waals surface area (Å²) in [6.07, 6.45) is -11.8. The summed E-state index contributed by atoms with van der Waals surface area (Å²) in [5, 5.41) is 86.3. The number of Topliss-reactive ketones (excluding diaryl/α,β-unsaturated/α-hetero) is 2. The van der Waals surface area contributed by atoms with Crippen LogP contribution in [0, 0.1) is 5.92 Å². The van der Waals surface area contributed by atoms with Gasteiger partial charge in [-0.2, -0.15) is 0 Å². The number of carbonyl (C=O) groups excluding carboxylic acids is 10. The summed E-state index contributed by atoms with van der Waals surface area (Å²) in [6.45, 7) is 4.69. The summed E-state index contributed by atoms with van der Waals surface area (Å²) in [5.41, 5.74) is 4.71. The number of carboxylic acids is 2. The van der Waals surface area contributed by atoms with E-state index in [9.17, 15) is 93.3 Å². The highest BCUT2D eigenvalue weighted by molar-refractivity contribution is 8.00. The molecule has 4 rings (SSSR count). The summed E-state index contributed by atoms with van der Waals surface area (Å²) in [5.74, 6) is -12.3. The molecule has 88 heavy (non-hydrogen) atoms. The maximum atomic E-state index is 14.8. The molecule has 17 N–H and O–H groups in total. The van der Waals surface area contributed by atoms with Crippen molar-refractivity contribution in [3.8, 4) is 0 Å². The number of quaternary nitrogens is 1. The van der Waals surface area contributed by atoms with E-state index in [4.69, 9.17) is 0 Å². The number of hydrogen-bond donors (Lipinski definition) is 15. The van der Waals surface area contributed by atoms with Crippen LogP contribution < -0.4 is 43.0 Å². The van der Waals surface area contributed by atoms with Crippen molar-refractivity contribution >= 4 is 82.5 Å². The number of β-amino-alcohol motifs (C(OH)–C–C–N with tert-alkyl or cyclic N) is 1. The van der Waals surface area contributed by atoms with E-state index in [2.05, 4.69) is 43.0 Å². The molecule has 2 aliphatic heterocycles. The van der Waals surface area contributed by atoms with E-state index in [1.54, 1.807) is 79.4 Å². The van der Waals surface area contributed by atoms with Crippen molar-refractivity contribution in [3.05, 3.63) is 71.8 Å². The molecule has 8 amide bonds. The van der Waals surface area contributed by atoms with Crippen LogP contribution in [0.3, 0.4) is 0 Å². The van der Waals surface area contributed by atoms with Gasteiger partial charge in [0.15, 0.2) is 11.6 Å². The smallest absolute Gasteiger partial charge is 0.305 e. The number of imide groups is 1. The van der Waals surface area contributed by atoms with Gasteiger partial charge in [0.1, 0.15) is 54.8 Å². The quantitative estimate of drug-likeness (QED) is 0.0171. The first-order chi connectivity index (χ1) is 41.7. The predicted molar refractivity (Wildman–Crippen MR) is 314 cm³/mol. The van der Waals surface area contributed by atoms with Crippen LogP contribution in [0.15, 0.2) is 60.7 Å². The second-order valence-electron chi connectivity index (χ2n) is 22.2. The molecule has 29 nitrogen and oxygen atoms in total. The lowest BCUT2D eigenvalue weighted by atomic mass is 9.94. The molecule has 2 aromatic rings. The Balaban J connectivity index is 1.61. The van der Waals surface area contributed by atoms with Gasteiger partial charge in [-0.1, -0.05) is 74.5 Å². The van der Waals surface area contributed by atoms with E-state index in [-0.39, 0.29) is 63.4 Å². The molecule has 0 radical (unpaired) electrons. The van der Waals surface area contributed by atoms with Crippen LogP contribution in [0.2, 0.25) is 0 Å². The Morgan fingerprint density at radius 3 is 1.82 bits per heavy atom. The van der Waals surface area contributed by atoms with Gasteiger partial charge in [0, 0.05) is 57.9 Å². The Kier molecular flexibility index (Phi) is 30.7. The van der Waals surface area contributed by atoms with Crippen LogP contribution >= 0.6 is 11.8 Å². The van der Waals surface area contributed by atoms with Gasteiger partial charge >= 0.3 is 11.9 Å². The van der Waals surface area contributed by atoms with Gasteiger partial charge in [-0.05, 0) is 62.1 Å². The van der Waals surface area contributed by atoms with Crippen molar-refractivity contribution in [3.63, 3.8) is 0 Å². The molecule has 30 heteroatoms. The molecule has 0 bridgehead atoms. The molecule has 8 unspecified atom stereocenters. The number of amides is 8. The molecule has 0 aliphatic carbocycles. The molecule has 0 aromatic heterocycles. The average Bonchev–Trinajstić information content (AvgIpc) is 3.44. The highest BCUT2D eigenvalue weighted by Gasteiger charge is 2.43. The van der Waals surface area contributed by atoms with E-state index in [1.807, 2.05) is 0 Å². The molecule has 2 saturated heterocycles. The van der Waals surface area contributed by atoms with Gasteiger partial charge in [0.05, 0.1) is 37.0 Å². The zero-order valence-electron chi connectivity index (χ0n) is 49.5. The number of nitrogens with one attached hydrogen (secondary N) is 7. The number of aliphatic carboxylic acids is 2. The summed E-state index contributed by atoms with van der Waals surface area (Å²) in [7, 11) is 0. The second-order valence-corrected chi connectivity index (χ2v) is 23.4. The molecule has 12 atom stereocenters. The van der Waals surface area contributed by atoms with Crippen molar-refractivity contribution in [2.75, 3.05) is 38.5 Å². The van der Waals surface area contributed by atoms with E-state index < -0.39 is 175 Å². The fourth-order valence-corrected chi connectivity index (χ4v) is 11.0. The number of hydrogen-bond acceptors (Lipinski definition) is 20. The number of carboxylic acid groups (broad SMARTS) is 2. The third kappa shape index (κ3) is 24.0. The minimum atomic E-state index is -2.03. The van der Waals surface area contributed by atoms with Crippen LogP contribution in [-0.4, -0.2) is 227 Å². The van der Waals surface area contributed by atoms with Gasteiger partial charge < -0.3 is 73.4 Å². The van der Waals surface area contributed by atoms with Crippen molar-refractivity contribution in [1.82, 2.24) is 47.0 Å². The number of aliphatic hydroxyl groups is 5. The Hall–Kier alpha value is -7.29. The van der Waals surface area contributed by atoms with Crippen LogP contribution in [0.5, 0.6) is 0 Å². The molecule has 2 fully saturated rings. The highest BCUT2D eigenvalue weighted by atomic mass is 32.2. The summed E-state index contributed by atoms with van der Waals surface area (Å²) < 4.78 is 0. The van der Waals surface area contributed by atoms with Crippen molar-refractivity contribution < 1.29 is 99.0 Å². The Labute approximate surface area is 513 Å². The maximum absolute atomic E-state index is 14.8. The van der Waals surface area contributed by atoms with Gasteiger partial charge in [0.2, 0.25) is 47.3 Å². The number of aliphatic hydroxyl groups excluding tert-OH is 5. The summed E-state index contributed by atoms with van der Waals surface area (Å²) in [4.78, 5) is 165. The molecule has 0 saturated carbocycles. The minimum absolute atomic E-state index is 0.00280. The fraction of sp³-hybridized carbons (Fsp3) is 0.586. The van der Waals surface area contributed by atoms with Crippen LogP contribution in [0.4, 0.5) is 0 Å². The molecule has 0 spiro atoms. The van der Waals surface area contributed by atoms with E-state index in [0.29, 0.717) is 36.9 Å². The summed E-state index contributed by atoms with van der Waals surface area (Å²) in [6, 6.07) is 8.85. The lowest BCUT2D eigenvalue weighted by Crippen LogP contribution is -2.65. The third-order valence-corrected chi connectivity index (χ3v) is 15.8. The Morgan fingerprint density at radius 1 is 0.659 bits per heavy atom. The number of likely N-dealkylation sites (tertiary alicyclic amines) is 2. The molecule has 2 heterocycles. The standard InChI is InChI=1S/C58H84N10O19S/c1-32(2)24-43(73)57(86)61-36(19-20-47(76)77)53(82)63-38(27-48(78)79)55(84)65-51(41(71)18-10-11-21-59)64-52(42(72)26-35-16-8-5-9-17-35)66-54(83)37(25-34-14-6-4-7-15-34)62-56(85)39(60-33(3)70)31-88-45-28-46(75)68(58(45)87)23-13-12-22-67-29-44(74)50(81)49(80)40(67)30-69/h4-9,14-17,32,36-40,43-45,49-52,64,69,73-74,80-81H,10-13,18-31,59H2,1-3H3,(H,60,70)(H,61,86)(H,62,85)(H,63,82)(H,65,84)(H,66,83)(H,76,77)(H,78,79)/p+1/t36?,37?,38?,39?,40-,43?,44+,45?,49+,50-,51?,52?/m1/s1. The van der Waals surface area contributed by atoms with Crippen molar-refractivity contribution in [2.24, 2.45) is 5.92 Å². The monoisotopic (exact) mass is 1260 g/mol. The lowest BCUT2D eigenvalue weighted by Gasteiger charge is -2.43. The van der Waals surface area contributed by atoms with Gasteiger partial charge in [-0.25, -0.2) is 0 Å². The number of nitrogens with zero attached hydrogens (tertiary/aromatic N) is 2. The number of unbranched alkanes of at least 4 members (excludes halogenated alkanes) is 2. The number of ketones is 2. The third-order valence-electron chi connectivity index (χ3n) is 14.6. The number of piperidine rings is 1. The van der Waals surface area contributed by atoms with Gasteiger partial charge in [-0.15, -0.1) is 11.8 Å². The molecule has 2 aromatic carbocycles. The maximum Gasteiger partial charge on any atom is 0.305 e. The zero-order valence-corrected chi connectivity index (χ0v) is 50.4. The lowest BCUT2D eigenvalue weighted by molar-refractivity contribution is -0.368. The van der Waals surface area contributed by atoms with Crippen molar-refractivity contribution in [1.29, 1.82) is 0 Å². The molecule has 486 valence electrons. The number of rotatable bonds is 39.